The molecule has 1 aromatic carbocycles. The quantitative estimate of drug-likeness (QED) is 0.452. The van der Waals surface area contributed by atoms with Crippen molar-refractivity contribution in [2.75, 3.05) is 32.8 Å². The van der Waals surface area contributed by atoms with E-state index in [1.165, 1.54) is 18.4 Å². The number of hydrogen-bond donors (Lipinski definition) is 0. The number of aromatic nitrogens is 1. The summed E-state index contributed by atoms with van der Waals surface area (Å²) in [7, 11) is 0. The van der Waals surface area contributed by atoms with Crippen molar-refractivity contribution in [3.8, 4) is 5.88 Å². The number of pyridine rings is 1. The topological polar surface area (TPSA) is 45.7 Å². The first-order valence-corrected chi connectivity index (χ1v) is 12.2. The molecular formula is C26H36Cl3N3O2. The summed E-state index contributed by atoms with van der Waals surface area (Å²) in [5, 5.41) is 0.663. The van der Waals surface area contributed by atoms with Crippen molar-refractivity contribution < 1.29 is 9.53 Å². The van der Waals surface area contributed by atoms with E-state index in [0.717, 1.165) is 57.0 Å². The van der Waals surface area contributed by atoms with Gasteiger partial charge >= 0.3 is 0 Å². The number of piperidine rings is 2. The predicted molar refractivity (Wildman–Crippen MR) is 143 cm³/mol. The van der Waals surface area contributed by atoms with Crippen LogP contribution in [0.5, 0.6) is 5.88 Å². The maximum atomic E-state index is 12.8. The minimum atomic E-state index is 0. The highest BCUT2D eigenvalue weighted by Gasteiger charge is 2.38. The molecule has 1 aromatic heterocycles. The lowest BCUT2D eigenvalue weighted by Crippen LogP contribution is -2.48. The molecule has 0 aliphatic carbocycles. The zero-order valence-corrected chi connectivity index (χ0v) is 22.4. The molecule has 0 radical (unpaired) electrons. The van der Waals surface area contributed by atoms with Gasteiger partial charge in [0.1, 0.15) is 0 Å². The predicted octanol–water partition coefficient (Wildman–Crippen LogP) is 6.13. The number of amides is 1. The Morgan fingerprint density at radius 3 is 2.26 bits per heavy atom. The van der Waals surface area contributed by atoms with E-state index in [2.05, 4.69) is 29.8 Å². The van der Waals surface area contributed by atoms with Crippen molar-refractivity contribution in [2.45, 2.75) is 46.1 Å². The van der Waals surface area contributed by atoms with E-state index in [-0.39, 0.29) is 30.7 Å². The summed E-state index contributed by atoms with van der Waals surface area (Å²) in [5.41, 5.74) is 2.28. The van der Waals surface area contributed by atoms with Crippen molar-refractivity contribution in [1.29, 1.82) is 0 Å². The van der Waals surface area contributed by atoms with Crippen molar-refractivity contribution in [1.82, 2.24) is 14.8 Å². The SMILES string of the molecule is CC(C)COc1ncccc1CN1CCC2(CC1)CCN(C(=O)c1ccc(Cl)cc1)CC2.Cl.Cl. The Morgan fingerprint density at radius 2 is 1.65 bits per heavy atom. The number of benzene rings is 1. The third kappa shape index (κ3) is 7.24. The van der Waals surface area contributed by atoms with Gasteiger partial charge in [-0.1, -0.05) is 31.5 Å². The molecule has 1 spiro atoms. The largest absolute Gasteiger partial charge is 0.477 e. The summed E-state index contributed by atoms with van der Waals surface area (Å²) < 4.78 is 5.94. The minimum Gasteiger partial charge on any atom is -0.477 e. The first kappa shape index (κ1) is 28.7. The lowest BCUT2D eigenvalue weighted by atomic mass is 9.71. The van der Waals surface area contributed by atoms with Crippen LogP contribution in [0.2, 0.25) is 5.02 Å². The van der Waals surface area contributed by atoms with Crippen LogP contribution in [0, 0.1) is 11.3 Å². The fourth-order valence-corrected chi connectivity index (χ4v) is 4.93. The molecule has 34 heavy (non-hydrogen) atoms. The maximum Gasteiger partial charge on any atom is 0.253 e. The Labute approximate surface area is 221 Å². The Bertz CT molecular complexity index is 906. The highest BCUT2D eigenvalue weighted by Crippen LogP contribution is 2.42. The molecule has 188 valence electrons. The second kappa shape index (κ2) is 13.0. The van der Waals surface area contributed by atoms with Crippen LogP contribution in [0.15, 0.2) is 42.6 Å². The molecule has 2 aliphatic heterocycles. The second-order valence-corrected chi connectivity index (χ2v) is 10.2. The summed E-state index contributed by atoms with van der Waals surface area (Å²) in [6.45, 7) is 9.75. The Kier molecular flexibility index (Phi) is 10.9. The Morgan fingerprint density at radius 1 is 1.03 bits per heavy atom. The molecule has 1 amide bonds. The molecule has 2 aromatic rings. The van der Waals surface area contributed by atoms with Gasteiger partial charge in [0.2, 0.25) is 5.88 Å². The Hall–Kier alpha value is -1.53. The molecule has 0 atom stereocenters. The highest BCUT2D eigenvalue weighted by molar-refractivity contribution is 6.30. The summed E-state index contributed by atoms with van der Waals surface area (Å²) >= 11 is 5.96. The van der Waals surface area contributed by atoms with Gasteiger partial charge in [-0.25, -0.2) is 4.98 Å². The minimum absolute atomic E-state index is 0. The van der Waals surface area contributed by atoms with Gasteiger partial charge in [0.15, 0.2) is 0 Å². The van der Waals surface area contributed by atoms with Crippen molar-refractivity contribution in [3.05, 3.63) is 58.7 Å². The fourth-order valence-electron chi connectivity index (χ4n) is 4.81. The average molecular weight is 529 g/mol. The molecule has 2 saturated heterocycles. The van der Waals surface area contributed by atoms with E-state index in [0.29, 0.717) is 23.0 Å². The number of carbonyl (C=O) groups is 1. The van der Waals surface area contributed by atoms with Crippen LogP contribution < -0.4 is 4.74 Å². The van der Waals surface area contributed by atoms with Crippen molar-refractivity contribution in [2.24, 2.45) is 11.3 Å². The van der Waals surface area contributed by atoms with E-state index in [4.69, 9.17) is 16.3 Å². The fraction of sp³-hybridized carbons (Fsp3) is 0.538. The first-order chi connectivity index (χ1) is 15.4. The van der Waals surface area contributed by atoms with Crippen molar-refractivity contribution >= 4 is 42.3 Å². The molecule has 3 heterocycles. The molecule has 0 unspecified atom stereocenters. The zero-order chi connectivity index (χ0) is 22.6. The monoisotopic (exact) mass is 527 g/mol. The van der Waals surface area contributed by atoms with E-state index in [1.54, 1.807) is 12.1 Å². The first-order valence-electron chi connectivity index (χ1n) is 11.8. The lowest BCUT2D eigenvalue weighted by molar-refractivity contribution is 0.0283. The molecule has 8 heteroatoms. The molecule has 0 saturated carbocycles. The standard InChI is InChI=1S/C26H34ClN3O2.2ClH/c1-20(2)19-32-24-22(4-3-13-28-24)18-29-14-9-26(10-15-29)11-16-30(17-12-26)25(31)21-5-7-23(27)8-6-21;;/h3-8,13,20H,9-12,14-19H2,1-2H3;2*1H. The molecule has 2 fully saturated rings. The van der Waals surface area contributed by atoms with E-state index in [1.807, 2.05) is 29.3 Å². The third-order valence-corrected chi connectivity index (χ3v) is 7.17. The molecule has 2 aliphatic rings. The van der Waals surface area contributed by atoms with Gasteiger partial charge < -0.3 is 9.64 Å². The summed E-state index contributed by atoms with van der Waals surface area (Å²) in [6.07, 6.45) is 6.38. The van der Waals surface area contributed by atoms with Gasteiger partial charge in [-0.05, 0) is 80.4 Å². The molecule has 0 bridgehead atoms. The van der Waals surface area contributed by atoms with E-state index < -0.39 is 0 Å². The smallest absolute Gasteiger partial charge is 0.253 e. The van der Waals surface area contributed by atoms with Crippen LogP contribution in [-0.4, -0.2) is 53.5 Å². The number of ether oxygens (including phenoxy) is 1. The molecule has 4 rings (SSSR count). The number of carbonyl (C=O) groups excluding carboxylic acids is 1. The molecular weight excluding hydrogens is 493 g/mol. The van der Waals surface area contributed by atoms with Gasteiger partial charge in [-0.15, -0.1) is 24.8 Å². The average Bonchev–Trinajstić information content (AvgIpc) is 2.81. The van der Waals surface area contributed by atoms with Crippen LogP contribution in [0.3, 0.4) is 0 Å². The van der Waals surface area contributed by atoms with E-state index in [9.17, 15) is 4.79 Å². The van der Waals surface area contributed by atoms with Crippen LogP contribution >= 0.6 is 36.4 Å². The summed E-state index contributed by atoms with van der Waals surface area (Å²) in [4.78, 5) is 21.8. The summed E-state index contributed by atoms with van der Waals surface area (Å²) in [6, 6.07) is 11.4. The van der Waals surface area contributed by atoms with Crippen LogP contribution in [-0.2, 0) is 6.54 Å². The summed E-state index contributed by atoms with van der Waals surface area (Å²) in [5.74, 6) is 1.38. The number of nitrogens with zero attached hydrogens (tertiary/aromatic N) is 3. The molecule has 0 N–H and O–H groups in total. The van der Waals surface area contributed by atoms with Gasteiger partial charge in [0, 0.05) is 42.0 Å². The number of halogens is 3. The lowest BCUT2D eigenvalue weighted by Gasteiger charge is -2.47. The Balaban J connectivity index is 0.00000204. The molecule has 5 nitrogen and oxygen atoms in total. The number of rotatable bonds is 6. The number of likely N-dealkylation sites (tertiary alicyclic amines) is 2. The van der Waals surface area contributed by atoms with Gasteiger partial charge in [-0.3, -0.25) is 9.69 Å². The van der Waals surface area contributed by atoms with Crippen LogP contribution in [0.4, 0.5) is 0 Å². The van der Waals surface area contributed by atoms with E-state index >= 15 is 0 Å². The second-order valence-electron chi connectivity index (χ2n) is 9.75. The normalized spacial score (nSPS) is 17.7. The van der Waals surface area contributed by atoms with Gasteiger partial charge in [0.05, 0.1) is 6.61 Å². The van der Waals surface area contributed by atoms with Crippen LogP contribution in [0.1, 0.15) is 55.5 Å². The van der Waals surface area contributed by atoms with Gasteiger partial charge in [-0.2, -0.15) is 0 Å². The highest BCUT2D eigenvalue weighted by atomic mass is 35.5. The maximum absolute atomic E-state index is 12.8. The van der Waals surface area contributed by atoms with Gasteiger partial charge in [0.25, 0.3) is 5.91 Å². The number of hydrogen-bond acceptors (Lipinski definition) is 4. The van der Waals surface area contributed by atoms with Crippen molar-refractivity contribution in [3.63, 3.8) is 0 Å². The zero-order valence-electron chi connectivity index (χ0n) is 20.0. The van der Waals surface area contributed by atoms with Crippen LogP contribution in [0.25, 0.3) is 0 Å². The third-order valence-electron chi connectivity index (χ3n) is 6.92.